The number of aryl methyl sites for hydroxylation is 1. The van der Waals surface area contributed by atoms with Crippen molar-refractivity contribution in [2.24, 2.45) is 11.7 Å². The van der Waals surface area contributed by atoms with E-state index < -0.39 is 0 Å². The molecule has 136 valence electrons. The number of carbonyl (C=O) groups is 2. The Labute approximate surface area is 150 Å². The van der Waals surface area contributed by atoms with E-state index in [1.807, 2.05) is 23.6 Å². The Balaban J connectivity index is 1.64. The van der Waals surface area contributed by atoms with Crippen LogP contribution in [-0.4, -0.2) is 46.8 Å². The molecule has 2 aliphatic rings. The monoisotopic (exact) mass is 343 g/mol. The van der Waals surface area contributed by atoms with Crippen molar-refractivity contribution in [1.29, 1.82) is 0 Å². The van der Waals surface area contributed by atoms with E-state index in [1.165, 1.54) is 5.56 Å². The van der Waals surface area contributed by atoms with Crippen LogP contribution in [0.15, 0.2) is 24.3 Å². The van der Waals surface area contributed by atoms with Gasteiger partial charge >= 0.3 is 0 Å². The minimum atomic E-state index is -0.225. The molecule has 5 nitrogen and oxygen atoms in total. The highest BCUT2D eigenvalue weighted by molar-refractivity contribution is 5.89. The predicted octanol–water partition coefficient (Wildman–Crippen LogP) is 2.07. The van der Waals surface area contributed by atoms with E-state index in [1.54, 1.807) is 0 Å². The molecule has 2 amide bonds. The third-order valence-corrected chi connectivity index (χ3v) is 5.50. The van der Waals surface area contributed by atoms with Gasteiger partial charge in [0.25, 0.3) is 0 Å². The fourth-order valence-electron chi connectivity index (χ4n) is 4.02. The van der Waals surface area contributed by atoms with Crippen molar-refractivity contribution in [1.82, 2.24) is 9.80 Å². The van der Waals surface area contributed by atoms with Crippen molar-refractivity contribution in [3.63, 3.8) is 0 Å². The van der Waals surface area contributed by atoms with Gasteiger partial charge < -0.3 is 15.5 Å². The third kappa shape index (κ3) is 4.03. The molecule has 2 N–H and O–H groups in total. The van der Waals surface area contributed by atoms with Gasteiger partial charge in [0.15, 0.2) is 0 Å². The van der Waals surface area contributed by atoms with Gasteiger partial charge in [-0.05, 0) is 38.7 Å². The summed E-state index contributed by atoms with van der Waals surface area (Å²) in [7, 11) is 0. The number of nitrogens with zero attached hydrogens (tertiary/aromatic N) is 2. The van der Waals surface area contributed by atoms with Gasteiger partial charge in [-0.2, -0.15) is 0 Å². The van der Waals surface area contributed by atoms with Crippen molar-refractivity contribution in [2.75, 3.05) is 13.1 Å². The molecule has 1 aromatic carbocycles. The predicted molar refractivity (Wildman–Crippen MR) is 97.7 cm³/mol. The number of benzene rings is 1. The second kappa shape index (κ2) is 7.56. The summed E-state index contributed by atoms with van der Waals surface area (Å²) in [5.74, 6) is -0.0349. The van der Waals surface area contributed by atoms with Crippen molar-refractivity contribution in [3.05, 3.63) is 35.4 Å². The maximum absolute atomic E-state index is 13.0. The first-order chi connectivity index (χ1) is 12.0. The molecule has 0 saturated carbocycles. The Morgan fingerprint density at radius 3 is 2.68 bits per heavy atom. The molecule has 2 fully saturated rings. The zero-order valence-corrected chi connectivity index (χ0v) is 15.3. The number of hydrogen-bond acceptors (Lipinski definition) is 3. The normalized spacial score (nSPS) is 25.3. The van der Waals surface area contributed by atoms with Crippen LogP contribution in [-0.2, 0) is 16.1 Å². The summed E-state index contributed by atoms with van der Waals surface area (Å²) in [5, 5.41) is 0. The number of amides is 2. The van der Waals surface area contributed by atoms with Gasteiger partial charge in [0.2, 0.25) is 11.8 Å². The summed E-state index contributed by atoms with van der Waals surface area (Å²) in [4.78, 5) is 29.1. The van der Waals surface area contributed by atoms with Gasteiger partial charge in [-0.15, -0.1) is 0 Å². The molecule has 0 aliphatic carbocycles. The van der Waals surface area contributed by atoms with Gasteiger partial charge in [-0.25, -0.2) is 0 Å². The van der Waals surface area contributed by atoms with Crippen LogP contribution in [0.25, 0.3) is 0 Å². The van der Waals surface area contributed by atoms with Crippen molar-refractivity contribution >= 4 is 11.8 Å². The molecule has 0 bridgehead atoms. The fourth-order valence-corrected chi connectivity index (χ4v) is 4.02. The Bertz CT molecular complexity index is 626. The van der Waals surface area contributed by atoms with Crippen LogP contribution in [0.4, 0.5) is 0 Å². The number of likely N-dealkylation sites (tertiary alicyclic amines) is 2. The van der Waals surface area contributed by atoms with Crippen molar-refractivity contribution < 1.29 is 9.59 Å². The smallest absolute Gasteiger partial charge is 0.228 e. The lowest BCUT2D eigenvalue weighted by molar-refractivity contribution is -0.139. The highest BCUT2D eigenvalue weighted by Crippen LogP contribution is 2.27. The molecule has 0 spiro atoms. The molecule has 25 heavy (non-hydrogen) atoms. The van der Waals surface area contributed by atoms with Gasteiger partial charge in [0.1, 0.15) is 0 Å². The van der Waals surface area contributed by atoms with E-state index in [-0.39, 0.29) is 29.8 Å². The second-order valence-corrected chi connectivity index (χ2v) is 7.61. The van der Waals surface area contributed by atoms with Gasteiger partial charge in [0.05, 0.1) is 5.92 Å². The lowest BCUT2D eigenvalue weighted by atomic mass is 9.94. The van der Waals surface area contributed by atoms with Crippen LogP contribution in [0.5, 0.6) is 0 Å². The van der Waals surface area contributed by atoms with E-state index in [4.69, 9.17) is 5.73 Å². The zero-order valence-electron chi connectivity index (χ0n) is 15.3. The lowest BCUT2D eigenvalue weighted by Gasteiger charge is -2.39. The molecular weight excluding hydrogens is 314 g/mol. The Hall–Kier alpha value is -1.88. The average Bonchev–Trinajstić information content (AvgIpc) is 2.97. The third-order valence-electron chi connectivity index (χ3n) is 5.50. The van der Waals surface area contributed by atoms with Crippen LogP contribution < -0.4 is 5.73 Å². The van der Waals surface area contributed by atoms with Crippen LogP contribution in [0.1, 0.15) is 43.7 Å². The van der Waals surface area contributed by atoms with E-state index in [2.05, 4.69) is 24.3 Å². The Morgan fingerprint density at radius 1 is 1.28 bits per heavy atom. The first-order valence-corrected chi connectivity index (χ1v) is 9.35. The molecular formula is C20H29N3O2. The molecule has 0 radical (unpaired) electrons. The minimum Gasteiger partial charge on any atom is -0.338 e. The minimum absolute atomic E-state index is 0.0231. The summed E-state index contributed by atoms with van der Waals surface area (Å²) in [6.07, 6.45) is 3.45. The quantitative estimate of drug-likeness (QED) is 0.910. The topological polar surface area (TPSA) is 66.6 Å². The maximum atomic E-state index is 13.0. The van der Waals surface area contributed by atoms with Gasteiger partial charge in [0, 0.05) is 38.1 Å². The number of piperidine rings is 1. The van der Waals surface area contributed by atoms with E-state index in [0.29, 0.717) is 19.5 Å². The first kappa shape index (κ1) is 17.9. The fraction of sp³-hybridized carbons (Fsp3) is 0.600. The van der Waals surface area contributed by atoms with Crippen LogP contribution in [0.2, 0.25) is 0 Å². The first-order valence-electron chi connectivity index (χ1n) is 9.35. The summed E-state index contributed by atoms with van der Waals surface area (Å²) in [5.41, 5.74) is 8.41. The maximum Gasteiger partial charge on any atom is 0.228 e. The molecule has 5 heteroatoms. The summed E-state index contributed by atoms with van der Waals surface area (Å²) < 4.78 is 0. The number of hydrogen-bond donors (Lipinski definition) is 1. The SMILES string of the molecule is Cc1ccc(CN2CC(C(=O)N3CCCCC3C(C)N)CC2=O)cc1. The highest BCUT2D eigenvalue weighted by Gasteiger charge is 2.39. The van der Waals surface area contributed by atoms with E-state index in [0.717, 1.165) is 31.4 Å². The number of carbonyl (C=O) groups excluding carboxylic acids is 2. The van der Waals surface area contributed by atoms with Gasteiger partial charge in [-0.3, -0.25) is 9.59 Å². The van der Waals surface area contributed by atoms with Gasteiger partial charge in [-0.1, -0.05) is 29.8 Å². The number of rotatable bonds is 4. The zero-order chi connectivity index (χ0) is 18.0. The average molecular weight is 343 g/mol. The van der Waals surface area contributed by atoms with Crippen molar-refractivity contribution in [3.8, 4) is 0 Å². The molecule has 3 rings (SSSR count). The molecule has 2 saturated heterocycles. The molecule has 2 heterocycles. The van der Waals surface area contributed by atoms with E-state index in [9.17, 15) is 9.59 Å². The Kier molecular flexibility index (Phi) is 5.42. The Morgan fingerprint density at radius 2 is 2.00 bits per heavy atom. The highest BCUT2D eigenvalue weighted by atomic mass is 16.2. The van der Waals surface area contributed by atoms with E-state index >= 15 is 0 Å². The molecule has 2 aliphatic heterocycles. The van der Waals surface area contributed by atoms with Crippen LogP contribution in [0.3, 0.4) is 0 Å². The molecule has 1 aromatic rings. The standard InChI is InChI=1S/C20H29N3O2/c1-14-6-8-16(9-7-14)12-22-13-17(11-19(22)24)20(25)23-10-4-3-5-18(23)15(2)21/h6-9,15,17-18H,3-5,10-13,21H2,1-2H3. The largest absolute Gasteiger partial charge is 0.338 e. The number of nitrogens with two attached hydrogens (primary N) is 1. The summed E-state index contributed by atoms with van der Waals surface area (Å²) >= 11 is 0. The molecule has 3 atom stereocenters. The molecule has 3 unspecified atom stereocenters. The molecule has 0 aromatic heterocycles. The second-order valence-electron chi connectivity index (χ2n) is 7.61. The van der Waals surface area contributed by atoms with Crippen molar-refractivity contribution in [2.45, 2.75) is 58.2 Å². The summed E-state index contributed by atoms with van der Waals surface area (Å²) in [6.45, 7) is 5.90. The lowest BCUT2D eigenvalue weighted by Crippen LogP contribution is -2.53. The van der Waals surface area contributed by atoms with Crippen LogP contribution >= 0.6 is 0 Å². The van der Waals surface area contributed by atoms with Crippen LogP contribution in [0, 0.1) is 12.8 Å². The summed E-state index contributed by atoms with van der Waals surface area (Å²) in [6, 6.07) is 8.30.